The predicted molar refractivity (Wildman–Crippen MR) is 131 cm³/mol. The smallest absolute Gasteiger partial charge is 0.264 e. The summed E-state index contributed by atoms with van der Waals surface area (Å²) in [6, 6.07) is 11.6. The number of carbonyl (C=O) groups excluding carboxylic acids is 2. The fraction of sp³-hybridized carbons (Fsp3) is 0.400. The molecule has 0 unspecified atom stereocenters. The molecule has 0 aliphatic rings. The lowest BCUT2D eigenvalue weighted by molar-refractivity contribution is -0.116. The molecule has 170 valence electrons. The highest BCUT2D eigenvalue weighted by molar-refractivity contribution is 7.12. The van der Waals surface area contributed by atoms with Crippen LogP contribution in [0.4, 0.5) is 5.82 Å². The second kappa shape index (κ2) is 9.69. The van der Waals surface area contributed by atoms with Crippen LogP contribution in [-0.2, 0) is 10.2 Å². The van der Waals surface area contributed by atoms with E-state index >= 15 is 0 Å². The summed E-state index contributed by atoms with van der Waals surface area (Å²) in [6.45, 7) is 12.9. The van der Waals surface area contributed by atoms with E-state index in [0.717, 1.165) is 28.9 Å². The van der Waals surface area contributed by atoms with E-state index in [1.54, 1.807) is 15.6 Å². The molecule has 7 heteroatoms. The van der Waals surface area contributed by atoms with E-state index in [9.17, 15) is 9.59 Å². The van der Waals surface area contributed by atoms with E-state index in [2.05, 4.69) is 46.0 Å². The summed E-state index contributed by atoms with van der Waals surface area (Å²) in [5.74, 6) is 0.249. The summed E-state index contributed by atoms with van der Waals surface area (Å²) < 4.78 is 1.80. The van der Waals surface area contributed by atoms with Crippen molar-refractivity contribution < 1.29 is 9.59 Å². The maximum absolute atomic E-state index is 13.0. The molecule has 6 nitrogen and oxygen atoms in total. The van der Waals surface area contributed by atoms with Gasteiger partial charge in [-0.05, 0) is 48.9 Å². The molecule has 0 radical (unpaired) electrons. The molecule has 0 fully saturated rings. The van der Waals surface area contributed by atoms with Gasteiger partial charge < -0.3 is 10.2 Å². The molecule has 3 rings (SSSR count). The number of carbonyl (C=O) groups is 2. The molecular weight excluding hydrogens is 420 g/mol. The molecule has 0 spiro atoms. The molecule has 0 atom stereocenters. The maximum atomic E-state index is 13.0. The Kier molecular flexibility index (Phi) is 7.19. The number of benzene rings is 1. The predicted octanol–water partition coefficient (Wildman–Crippen LogP) is 5.34. The number of hydrogen-bond acceptors (Lipinski definition) is 4. The standard InChI is InChI=1S/C25H32N4O2S/c1-7-13-28(24(31)20-12-9-14-32-20)16-23(30)26-22-15-21(25(4,5)6)27-29(22)19-11-8-10-17(2)18(19)3/h8-12,14-15H,7,13,16H2,1-6H3,(H,26,30). The van der Waals surface area contributed by atoms with Crippen LogP contribution in [0.5, 0.6) is 0 Å². The van der Waals surface area contributed by atoms with Crippen LogP contribution in [0.25, 0.3) is 5.69 Å². The average Bonchev–Trinajstić information content (AvgIpc) is 3.39. The SMILES string of the molecule is CCCN(CC(=O)Nc1cc(C(C)(C)C)nn1-c1cccc(C)c1C)C(=O)c1cccs1. The van der Waals surface area contributed by atoms with Crippen LogP contribution in [0.15, 0.2) is 41.8 Å². The fourth-order valence-corrected chi connectivity index (χ4v) is 4.11. The van der Waals surface area contributed by atoms with Gasteiger partial charge >= 0.3 is 0 Å². The van der Waals surface area contributed by atoms with Gasteiger partial charge in [-0.25, -0.2) is 4.68 Å². The minimum absolute atomic E-state index is 0.00654. The normalized spacial score (nSPS) is 11.4. The van der Waals surface area contributed by atoms with Crippen LogP contribution >= 0.6 is 11.3 Å². The number of nitrogens with one attached hydrogen (secondary N) is 1. The van der Waals surface area contributed by atoms with Gasteiger partial charge in [0.15, 0.2) is 0 Å². The second-order valence-electron chi connectivity index (χ2n) is 9.05. The van der Waals surface area contributed by atoms with Crippen molar-refractivity contribution in [2.75, 3.05) is 18.4 Å². The minimum Gasteiger partial charge on any atom is -0.329 e. The van der Waals surface area contributed by atoms with Gasteiger partial charge in [0.05, 0.1) is 16.3 Å². The number of aryl methyl sites for hydroxylation is 1. The van der Waals surface area contributed by atoms with Crippen LogP contribution in [0.2, 0.25) is 0 Å². The third-order valence-electron chi connectivity index (χ3n) is 5.40. The Morgan fingerprint density at radius 2 is 1.91 bits per heavy atom. The second-order valence-corrected chi connectivity index (χ2v) is 10.00. The lowest BCUT2D eigenvalue weighted by Gasteiger charge is -2.21. The Balaban J connectivity index is 1.90. The van der Waals surface area contributed by atoms with Crippen molar-refractivity contribution in [1.82, 2.24) is 14.7 Å². The van der Waals surface area contributed by atoms with Gasteiger partial charge in [0.25, 0.3) is 5.91 Å². The highest BCUT2D eigenvalue weighted by Crippen LogP contribution is 2.28. The summed E-state index contributed by atoms with van der Waals surface area (Å²) >= 11 is 1.39. The summed E-state index contributed by atoms with van der Waals surface area (Å²) in [5, 5.41) is 9.70. The van der Waals surface area contributed by atoms with Crippen LogP contribution in [0.1, 0.15) is 60.6 Å². The Labute approximate surface area is 194 Å². The molecule has 0 aliphatic heterocycles. The Morgan fingerprint density at radius 3 is 2.53 bits per heavy atom. The van der Waals surface area contributed by atoms with E-state index in [1.807, 2.05) is 36.6 Å². The van der Waals surface area contributed by atoms with Gasteiger partial charge in [0.1, 0.15) is 12.4 Å². The number of aromatic nitrogens is 2. The molecule has 0 saturated heterocycles. The minimum atomic E-state index is -0.240. The number of anilines is 1. The topological polar surface area (TPSA) is 67.2 Å². The Morgan fingerprint density at radius 1 is 1.16 bits per heavy atom. The van der Waals surface area contributed by atoms with Crippen molar-refractivity contribution in [3.05, 3.63) is 63.5 Å². The van der Waals surface area contributed by atoms with Gasteiger partial charge in [0, 0.05) is 18.0 Å². The lowest BCUT2D eigenvalue weighted by atomic mass is 9.92. The van der Waals surface area contributed by atoms with Crippen LogP contribution in [0.3, 0.4) is 0 Å². The fourth-order valence-electron chi connectivity index (χ4n) is 3.42. The maximum Gasteiger partial charge on any atom is 0.264 e. The Hall–Kier alpha value is -2.93. The van der Waals surface area contributed by atoms with Crippen molar-refractivity contribution in [3.63, 3.8) is 0 Å². The molecule has 1 aromatic carbocycles. The van der Waals surface area contributed by atoms with Gasteiger partial charge in [0.2, 0.25) is 5.91 Å². The summed E-state index contributed by atoms with van der Waals surface area (Å²) in [4.78, 5) is 28.1. The third kappa shape index (κ3) is 5.27. The quantitative estimate of drug-likeness (QED) is 0.526. The molecule has 3 aromatic rings. The first-order valence-electron chi connectivity index (χ1n) is 10.9. The summed E-state index contributed by atoms with van der Waals surface area (Å²) in [7, 11) is 0. The van der Waals surface area contributed by atoms with Crippen molar-refractivity contribution in [2.24, 2.45) is 0 Å². The van der Waals surface area contributed by atoms with Gasteiger partial charge in [-0.1, -0.05) is 45.9 Å². The van der Waals surface area contributed by atoms with Crippen LogP contribution in [0, 0.1) is 13.8 Å². The lowest BCUT2D eigenvalue weighted by Crippen LogP contribution is -2.38. The largest absolute Gasteiger partial charge is 0.329 e. The first-order chi connectivity index (χ1) is 15.1. The molecule has 0 bridgehead atoms. The van der Waals surface area contributed by atoms with E-state index in [4.69, 9.17) is 5.10 Å². The van der Waals surface area contributed by atoms with E-state index in [-0.39, 0.29) is 23.8 Å². The van der Waals surface area contributed by atoms with Gasteiger partial charge in [-0.3, -0.25) is 9.59 Å². The van der Waals surface area contributed by atoms with E-state index in [0.29, 0.717) is 17.2 Å². The zero-order valence-corrected chi connectivity index (χ0v) is 20.5. The molecule has 2 heterocycles. The number of amides is 2. The Bertz CT molecular complexity index is 1090. The van der Waals surface area contributed by atoms with Gasteiger partial charge in [-0.15, -0.1) is 11.3 Å². The van der Waals surface area contributed by atoms with Gasteiger partial charge in [-0.2, -0.15) is 5.10 Å². The number of thiophene rings is 1. The van der Waals surface area contributed by atoms with Crippen molar-refractivity contribution in [2.45, 2.75) is 53.4 Å². The number of rotatable bonds is 7. The molecule has 0 aliphatic carbocycles. The van der Waals surface area contributed by atoms with Crippen molar-refractivity contribution in [1.29, 1.82) is 0 Å². The first-order valence-corrected chi connectivity index (χ1v) is 11.8. The molecule has 2 aromatic heterocycles. The molecule has 2 amide bonds. The molecular formula is C25H32N4O2S. The highest BCUT2D eigenvalue weighted by Gasteiger charge is 2.24. The molecule has 32 heavy (non-hydrogen) atoms. The zero-order valence-electron chi connectivity index (χ0n) is 19.7. The van der Waals surface area contributed by atoms with Crippen molar-refractivity contribution in [3.8, 4) is 5.69 Å². The van der Waals surface area contributed by atoms with E-state index < -0.39 is 0 Å². The first kappa shape index (κ1) is 23.7. The molecule has 0 saturated carbocycles. The summed E-state index contributed by atoms with van der Waals surface area (Å²) in [5.41, 5.74) is 3.89. The zero-order chi connectivity index (χ0) is 23.5. The third-order valence-corrected chi connectivity index (χ3v) is 6.25. The monoisotopic (exact) mass is 452 g/mol. The molecule has 1 N–H and O–H groups in total. The van der Waals surface area contributed by atoms with Crippen LogP contribution < -0.4 is 5.32 Å². The van der Waals surface area contributed by atoms with Crippen LogP contribution in [-0.4, -0.2) is 39.6 Å². The number of hydrogen-bond donors (Lipinski definition) is 1. The average molecular weight is 453 g/mol. The highest BCUT2D eigenvalue weighted by atomic mass is 32.1. The van der Waals surface area contributed by atoms with Crippen molar-refractivity contribution >= 4 is 29.0 Å². The van der Waals surface area contributed by atoms with E-state index in [1.165, 1.54) is 11.3 Å². The summed E-state index contributed by atoms with van der Waals surface area (Å²) in [6.07, 6.45) is 0.777. The number of nitrogens with zero attached hydrogens (tertiary/aromatic N) is 3.